The minimum Gasteiger partial charge on any atom is -0.465 e. The van der Waals surface area contributed by atoms with E-state index < -0.39 is 0 Å². The van der Waals surface area contributed by atoms with E-state index in [4.69, 9.17) is 9.15 Å². The number of rotatable bonds is 8. The van der Waals surface area contributed by atoms with Gasteiger partial charge in [0.1, 0.15) is 11.5 Å². The lowest BCUT2D eigenvalue weighted by Crippen LogP contribution is -2.22. The molecule has 1 N–H and O–H groups in total. The topological polar surface area (TPSA) is 37.6 Å². The quantitative estimate of drug-likeness (QED) is 0.767. The van der Waals surface area contributed by atoms with Crippen molar-refractivity contribution in [3.05, 3.63) is 23.2 Å². The van der Waals surface area contributed by atoms with Gasteiger partial charge in [-0.25, -0.2) is 0 Å². The summed E-state index contributed by atoms with van der Waals surface area (Å²) in [6, 6.07) is 2.92. The van der Waals surface area contributed by atoms with Crippen molar-refractivity contribution in [1.82, 2.24) is 10.2 Å². The first-order valence-corrected chi connectivity index (χ1v) is 6.68. The van der Waals surface area contributed by atoms with Crippen molar-refractivity contribution in [3.63, 3.8) is 0 Å². The van der Waals surface area contributed by atoms with Crippen molar-refractivity contribution in [2.75, 3.05) is 27.3 Å². The van der Waals surface area contributed by atoms with Gasteiger partial charge in [-0.2, -0.15) is 0 Å². The maximum atomic E-state index is 5.80. The maximum absolute atomic E-state index is 5.80. The van der Waals surface area contributed by atoms with Gasteiger partial charge in [-0.3, -0.25) is 4.90 Å². The molecular weight excluding hydrogens is 228 g/mol. The van der Waals surface area contributed by atoms with E-state index in [0.717, 1.165) is 43.8 Å². The first-order valence-electron chi connectivity index (χ1n) is 6.68. The Morgan fingerprint density at radius 1 is 1.50 bits per heavy atom. The molecule has 0 saturated heterocycles. The zero-order chi connectivity index (χ0) is 13.0. The number of nitrogens with zero attached hydrogens (tertiary/aromatic N) is 1. The van der Waals surface area contributed by atoms with E-state index in [1.165, 1.54) is 18.4 Å². The van der Waals surface area contributed by atoms with Gasteiger partial charge >= 0.3 is 0 Å². The Kier molecular flexibility index (Phi) is 4.80. The molecule has 2 rings (SSSR count). The molecular formula is C14H24N2O2. The molecule has 1 fully saturated rings. The fraction of sp³-hybridized carbons (Fsp3) is 0.714. The zero-order valence-electron chi connectivity index (χ0n) is 11.7. The van der Waals surface area contributed by atoms with Crippen LogP contribution in [0.3, 0.4) is 0 Å². The second-order valence-corrected chi connectivity index (χ2v) is 5.18. The van der Waals surface area contributed by atoms with Crippen LogP contribution in [-0.2, 0) is 17.8 Å². The molecule has 1 aromatic rings. The molecule has 4 heteroatoms. The van der Waals surface area contributed by atoms with E-state index >= 15 is 0 Å². The summed E-state index contributed by atoms with van der Waals surface area (Å²) in [4.78, 5) is 2.21. The smallest absolute Gasteiger partial charge is 0.118 e. The van der Waals surface area contributed by atoms with Gasteiger partial charge in [0.05, 0.1) is 13.2 Å². The van der Waals surface area contributed by atoms with Gasteiger partial charge in [0.2, 0.25) is 0 Å². The summed E-state index contributed by atoms with van der Waals surface area (Å²) in [6.45, 7) is 5.50. The van der Waals surface area contributed by atoms with Gasteiger partial charge in [-0.1, -0.05) is 0 Å². The van der Waals surface area contributed by atoms with Gasteiger partial charge in [0.15, 0.2) is 0 Å². The molecule has 0 amide bonds. The SMILES string of the molecule is COCCN(C)Cc1cc(CNC2CC2)c(C)o1. The first kappa shape index (κ1) is 13.6. The number of methoxy groups -OCH3 is 1. The molecule has 18 heavy (non-hydrogen) atoms. The van der Waals surface area contributed by atoms with E-state index in [-0.39, 0.29) is 0 Å². The van der Waals surface area contributed by atoms with Crippen molar-refractivity contribution in [3.8, 4) is 0 Å². The largest absolute Gasteiger partial charge is 0.465 e. The van der Waals surface area contributed by atoms with E-state index in [0.29, 0.717) is 0 Å². The molecule has 1 aliphatic carbocycles. The van der Waals surface area contributed by atoms with Crippen LogP contribution in [0.2, 0.25) is 0 Å². The fourth-order valence-electron chi connectivity index (χ4n) is 1.97. The number of aryl methyl sites for hydroxylation is 1. The summed E-state index contributed by atoms with van der Waals surface area (Å²) in [5.74, 6) is 2.08. The van der Waals surface area contributed by atoms with Crippen LogP contribution < -0.4 is 5.32 Å². The molecule has 1 aromatic heterocycles. The third kappa shape index (κ3) is 4.12. The Morgan fingerprint density at radius 3 is 2.94 bits per heavy atom. The highest BCUT2D eigenvalue weighted by molar-refractivity contribution is 5.21. The monoisotopic (exact) mass is 252 g/mol. The Hall–Kier alpha value is -0.840. The summed E-state index contributed by atoms with van der Waals surface area (Å²) in [5.41, 5.74) is 1.29. The van der Waals surface area contributed by atoms with Gasteiger partial charge in [-0.15, -0.1) is 0 Å². The van der Waals surface area contributed by atoms with Crippen LogP contribution in [0.4, 0.5) is 0 Å². The normalized spacial score (nSPS) is 15.6. The second kappa shape index (κ2) is 6.36. The number of nitrogens with one attached hydrogen (secondary N) is 1. The molecule has 102 valence electrons. The highest BCUT2D eigenvalue weighted by Crippen LogP contribution is 2.21. The maximum Gasteiger partial charge on any atom is 0.118 e. The number of likely N-dealkylation sites (N-methyl/N-ethyl adjacent to an activating group) is 1. The van der Waals surface area contributed by atoms with E-state index in [1.54, 1.807) is 7.11 Å². The lowest BCUT2D eigenvalue weighted by molar-refractivity contribution is 0.154. The average molecular weight is 252 g/mol. The second-order valence-electron chi connectivity index (χ2n) is 5.18. The summed E-state index contributed by atoms with van der Waals surface area (Å²) in [7, 11) is 3.81. The molecule has 0 radical (unpaired) electrons. The minimum absolute atomic E-state index is 0.743. The first-order chi connectivity index (χ1) is 8.69. The predicted octanol–water partition coefficient (Wildman–Crippen LogP) is 1.92. The number of hydrogen-bond donors (Lipinski definition) is 1. The summed E-state index contributed by atoms with van der Waals surface area (Å²) in [6.07, 6.45) is 2.65. The summed E-state index contributed by atoms with van der Waals surface area (Å²) < 4.78 is 10.9. The van der Waals surface area contributed by atoms with Crippen LogP contribution in [0, 0.1) is 6.92 Å². The van der Waals surface area contributed by atoms with Crippen LogP contribution in [0.5, 0.6) is 0 Å². The molecule has 0 spiro atoms. The third-order valence-corrected chi connectivity index (χ3v) is 3.33. The van der Waals surface area contributed by atoms with Crippen LogP contribution in [0.15, 0.2) is 10.5 Å². The van der Waals surface area contributed by atoms with E-state index in [9.17, 15) is 0 Å². The van der Waals surface area contributed by atoms with Crippen LogP contribution >= 0.6 is 0 Å². The van der Waals surface area contributed by atoms with E-state index in [1.807, 2.05) is 6.92 Å². The summed E-state index contributed by atoms with van der Waals surface area (Å²) >= 11 is 0. The standard InChI is InChI=1S/C14H24N2O2/c1-11-12(9-15-13-4-5-13)8-14(18-11)10-16(2)6-7-17-3/h8,13,15H,4-7,9-10H2,1-3H3. The summed E-state index contributed by atoms with van der Waals surface area (Å²) in [5, 5.41) is 3.52. The molecule has 0 atom stereocenters. The van der Waals surface area contributed by atoms with Crippen molar-refractivity contribution in [2.45, 2.75) is 38.9 Å². The Morgan fingerprint density at radius 2 is 2.28 bits per heavy atom. The lowest BCUT2D eigenvalue weighted by atomic mass is 10.2. The number of hydrogen-bond acceptors (Lipinski definition) is 4. The van der Waals surface area contributed by atoms with Crippen molar-refractivity contribution in [2.24, 2.45) is 0 Å². The van der Waals surface area contributed by atoms with Gasteiger partial charge in [-0.05, 0) is 32.9 Å². The van der Waals surface area contributed by atoms with Crippen molar-refractivity contribution >= 4 is 0 Å². The molecule has 4 nitrogen and oxygen atoms in total. The highest BCUT2D eigenvalue weighted by Gasteiger charge is 2.21. The third-order valence-electron chi connectivity index (χ3n) is 3.33. The van der Waals surface area contributed by atoms with E-state index in [2.05, 4.69) is 23.3 Å². The predicted molar refractivity (Wildman–Crippen MR) is 71.5 cm³/mol. The Labute approximate surface area is 109 Å². The van der Waals surface area contributed by atoms with Gasteiger partial charge in [0.25, 0.3) is 0 Å². The molecule has 0 bridgehead atoms. The van der Waals surface area contributed by atoms with Crippen molar-refractivity contribution in [1.29, 1.82) is 0 Å². The molecule has 1 heterocycles. The lowest BCUT2D eigenvalue weighted by Gasteiger charge is -2.13. The number of furan rings is 1. The fourth-order valence-corrected chi connectivity index (χ4v) is 1.97. The minimum atomic E-state index is 0.743. The molecule has 0 aliphatic heterocycles. The van der Waals surface area contributed by atoms with Crippen LogP contribution in [-0.4, -0.2) is 38.3 Å². The van der Waals surface area contributed by atoms with Gasteiger partial charge in [0, 0.05) is 31.8 Å². The Balaban J connectivity index is 1.82. The molecule has 0 unspecified atom stereocenters. The number of ether oxygens (including phenoxy) is 1. The molecule has 1 aliphatic rings. The molecule has 0 aromatic carbocycles. The Bertz CT molecular complexity index is 372. The van der Waals surface area contributed by atoms with Crippen LogP contribution in [0.1, 0.15) is 29.9 Å². The molecule has 1 saturated carbocycles. The van der Waals surface area contributed by atoms with Gasteiger partial charge < -0.3 is 14.5 Å². The van der Waals surface area contributed by atoms with Crippen LogP contribution in [0.25, 0.3) is 0 Å². The average Bonchev–Trinajstić information content (AvgIpc) is 3.10. The highest BCUT2D eigenvalue weighted by atomic mass is 16.5. The zero-order valence-corrected chi connectivity index (χ0v) is 11.7. The van der Waals surface area contributed by atoms with Crippen molar-refractivity contribution < 1.29 is 9.15 Å².